The van der Waals surface area contributed by atoms with E-state index in [0.29, 0.717) is 0 Å². The van der Waals surface area contributed by atoms with Crippen molar-refractivity contribution < 1.29 is 4.42 Å². The summed E-state index contributed by atoms with van der Waals surface area (Å²) in [5.41, 5.74) is 15.6. The van der Waals surface area contributed by atoms with Crippen molar-refractivity contribution in [2.24, 2.45) is 0 Å². The smallest absolute Gasteiger partial charge is 0.137 e. The summed E-state index contributed by atoms with van der Waals surface area (Å²) in [6, 6.07) is 82.9. The van der Waals surface area contributed by atoms with E-state index in [9.17, 15) is 0 Å². The van der Waals surface area contributed by atoms with Gasteiger partial charge in [-0.15, -0.1) is 0 Å². The standard InChI is InChI=1S/C58H38N2O/c1-3-13-39(14-4-1)43-16-11-17-44(37-43)40-25-31-47(32-26-40)59(53-22-12-24-56-57(53)52-21-9-10-23-55(52)61-56)48-33-27-41(28-34-48)45-30-35-50-51-36-29-42-15-7-8-20-49(42)58(51)60(54(50)38-45)46-18-5-2-6-19-46/h1-38H. The third kappa shape index (κ3) is 5.90. The number of nitrogens with zero attached hydrogens (tertiary/aromatic N) is 2. The lowest BCUT2D eigenvalue weighted by Crippen LogP contribution is -2.10. The highest BCUT2D eigenvalue weighted by Gasteiger charge is 2.21. The van der Waals surface area contributed by atoms with E-state index >= 15 is 0 Å². The summed E-state index contributed by atoms with van der Waals surface area (Å²) in [5.74, 6) is 0. The maximum absolute atomic E-state index is 6.41. The summed E-state index contributed by atoms with van der Waals surface area (Å²) in [5, 5.41) is 7.17. The van der Waals surface area contributed by atoms with Crippen molar-refractivity contribution >= 4 is 71.6 Å². The van der Waals surface area contributed by atoms with Gasteiger partial charge in [0.1, 0.15) is 11.2 Å². The average molecular weight is 779 g/mol. The van der Waals surface area contributed by atoms with E-state index in [1.807, 2.05) is 12.1 Å². The molecule has 0 aliphatic rings. The molecule has 0 spiro atoms. The molecule has 0 bridgehead atoms. The van der Waals surface area contributed by atoms with E-state index in [0.717, 1.165) is 50.3 Å². The summed E-state index contributed by atoms with van der Waals surface area (Å²) in [6.07, 6.45) is 0. The maximum Gasteiger partial charge on any atom is 0.137 e. The van der Waals surface area contributed by atoms with Crippen LogP contribution in [0.1, 0.15) is 0 Å². The summed E-state index contributed by atoms with van der Waals surface area (Å²) in [6.45, 7) is 0. The molecule has 2 heterocycles. The molecule has 0 unspecified atom stereocenters. The van der Waals surface area contributed by atoms with Crippen molar-refractivity contribution in [3.8, 4) is 39.1 Å². The Hall–Kier alpha value is -8.14. The predicted molar refractivity (Wildman–Crippen MR) is 257 cm³/mol. The third-order valence-corrected chi connectivity index (χ3v) is 12.2. The molecule has 3 nitrogen and oxygen atoms in total. The normalized spacial score (nSPS) is 11.6. The van der Waals surface area contributed by atoms with Gasteiger partial charge in [0.05, 0.1) is 22.1 Å². The highest BCUT2D eigenvalue weighted by Crippen LogP contribution is 2.44. The zero-order chi connectivity index (χ0) is 40.3. The Morgan fingerprint density at radius 2 is 0.885 bits per heavy atom. The minimum atomic E-state index is 0.865. The molecule has 0 N–H and O–H groups in total. The van der Waals surface area contributed by atoms with E-state index < -0.39 is 0 Å². The number of fused-ring (bicyclic) bond motifs is 8. The second kappa shape index (κ2) is 14.3. The number of hydrogen-bond donors (Lipinski definition) is 0. The van der Waals surface area contributed by atoms with E-state index in [4.69, 9.17) is 4.42 Å². The van der Waals surface area contributed by atoms with Crippen molar-refractivity contribution in [1.82, 2.24) is 4.57 Å². The van der Waals surface area contributed by atoms with Gasteiger partial charge in [-0.05, 0) is 105 Å². The van der Waals surface area contributed by atoms with Crippen LogP contribution in [0.25, 0.3) is 93.6 Å². The second-order valence-electron chi connectivity index (χ2n) is 15.7. The van der Waals surface area contributed by atoms with Crippen LogP contribution in [0.2, 0.25) is 0 Å². The first kappa shape index (κ1) is 34.9. The molecule has 10 aromatic carbocycles. The van der Waals surface area contributed by atoms with Crippen LogP contribution >= 0.6 is 0 Å². The number of benzene rings is 10. The highest BCUT2D eigenvalue weighted by molar-refractivity contribution is 6.19. The van der Waals surface area contributed by atoms with Crippen LogP contribution in [-0.2, 0) is 0 Å². The van der Waals surface area contributed by atoms with Gasteiger partial charge in [0.2, 0.25) is 0 Å². The number of anilines is 3. The van der Waals surface area contributed by atoms with Gasteiger partial charge < -0.3 is 13.9 Å². The molecule has 0 aliphatic carbocycles. The minimum Gasteiger partial charge on any atom is -0.456 e. The van der Waals surface area contributed by atoms with Crippen LogP contribution in [0.3, 0.4) is 0 Å². The first-order chi connectivity index (χ1) is 30.2. The van der Waals surface area contributed by atoms with Gasteiger partial charge in [0, 0.05) is 38.6 Å². The van der Waals surface area contributed by atoms with Gasteiger partial charge >= 0.3 is 0 Å². The molecule has 0 fully saturated rings. The average Bonchev–Trinajstić information content (AvgIpc) is 3.89. The predicted octanol–water partition coefficient (Wildman–Crippen LogP) is 16.3. The molecular weight excluding hydrogens is 741 g/mol. The molecule has 0 aliphatic heterocycles. The van der Waals surface area contributed by atoms with Crippen molar-refractivity contribution in [3.63, 3.8) is 0 Å². The third-order valence-electron chi connectivity index (χ3n) is 12.2. The van der Waals surface area contributed by atoms with Crippen LogP contribution in [-0.4, -0.2) is 4.57 Å². The molecule has 12 rings (SSSR count). The fraction of sp³-hybridized carbons (Fsp3) is 0. The molecule has 286 valence electrons. The van der Waals surface area contributed by atoms with Gasteiger partial charge in [-0.25, -0.2) is 0 Å². The molecule has 3 heteroatoms. The zero-order valence-electron chi connectivity index (χ0n) is 33.2. The monoisotopic (exact) mass is 778 g/mol. The van der Waals surface area contributed by atoms with Gasteiger partial charge in [0.15, 0.2) is 0 Å². The van der Waals surface area contributed by atoms with Crippen LogP contribution in [0.5, 0.6) is 0 Å². The van der Waals surface area contributed by atoms with E-state index in [2.05, 4.69) is 228 Å². The molecule has 12 aromatic rings. The first-order valence-electron chi connectivity index (χ1n) is 20.8. The SMILES string of the molecule is c1ccc(-c2cccc(-c3ccc(N(c4ccc(-c5ccc6c7ccc8ccccc8c7n(-c7ccccc7)c6c5)cc4)c4cccc5oc6ccccc6c45)cc3)c2)cc1. The van der Waals surface area contributed by atoms with E-state index in [1.54, 1.807) is 0 Å². The van der Waals surface area contributed by atoms with Gasteiger partial charge in [-0.2, -0.15) is 0 Å². The Bertz CT molecular complexity index is 3560. The van der Waals surface area contributed by atoms with E-state index in [1.165, 1.54) is 60.4 Å². The van der Waals surface area contributed by atoms with Crippen molar-refractivity contribution in [1.29, 1.82) is 0 Å². The number of rotatable bonds is 7. The quantitative estimate of drug-likeness (QED) is 0.161. The Kier molecular flexibility index (Phi) is 8.17. The number of aromatic nitrogens is 1. The van der Waals surface area contributed by atoms with Gasteiger partial charge in [-0.3, -0.25) is 0 Å². The maximum atomic E-state index is 6.41. The minimum absolute atomic E-state index is 0.865. The Morgan fingerprint density at radius 3 is 1.62 bits per heavy atom. The van der Waals surface area contributed by atoms with Crippen LogP contribution in [0, 0.1) is 0 Å². The lowest BCUT2D eigenvalue weighted by molar-refractivity contribution is 0.669. The molecule has 61 heavy (non-hydrogen) atoms. The topological polar surface area (TPSA) is 21.3 Å². The molecule has 2 aromatic heterocycles. The molecule has 0 saturated heterocycles. The summed E-state index contributed by atoms with van der Waals surface area (Å²) < 4.78 is 8.84. The number of para-hydroxylation sites is 2. The molecule has 0 atom stereocenters. The lowest BCUT2D eigenvalue weighted by Gasteiger charge is -2.26. The largest absolute Gasteiger partial charge is 0.456 e. The fourth-order valence-corrected chi connectivity index (χ4v) is 9.29. The zero-order valence-corrected chi connectivity index (χ0v) is 33.2. The molecule has 0 radical (unpaired) electrons. The highest BCUT2D eigenvalue weighted by atomic mass is 16.3. The van der Waals surface area contributed by atoms with Crippen LogP contribution < -0.4 is 4.90 Å². The Balaban J connectivity index is 0.983. The van der Waals surface area contributed by atoms with E-state index in [-0.39, 0.29) is 0 Å². The first-order valence-corrected chi connectivity index (χ1v) is 20.8. The summed E-state index contributed by atoms with van der Waals surface area (Å²) >= 11 is 0. The fourth-order valence-electron chi connectivity index (χ4n) is 9.29. The summed E-state index contributed by atoms with van der Waals surface area (Å²) in [7, 11) is 0. The van der Waals surface area contributed by atoms with Crippen LogP contribution in [0.15, 0.2) is 235 Å². The number of furan rings is 1. The summed E-state index contributed by atoms with van der Waals surface area (Å²) in [4.78, 5) is 2.36. The van der Waals surface area contributed by atoms with Crippen molar-refractivity contribution in [3.05, 3.63) is 231 Å². The van der Waals surface area contributed by atoms with Crippen LogP contribution in [0.4, 0.5) is 17.1 Å². The molecule has 0 saturated carbocycles. The Morgan fingerprint density at radius 1 is 0.344 bits per heavy atom. The molecule has 0 amide bonds. The Labute approximate surface area is 353 Å². The van der Waals surface area contributed by atoms with Crippen molar-refractivity contribution in [2.45, 2.75) is 0 Å². The molecular formula is C58H38N2O. The van der Waals surface area contributed by atoms with Crippen molar-refractivity contribution in [2.75, 3.05) is 4.90 Å². The van der Waals surface area contributed by atoms with Gasteiger partial charge in [0.25, 0.3) is 0 Å². The van der Waals surface area contributed by atoms with Gasteiger partial charge in [-0.1, -0.05) is 164 Å². The number of hydrogen-bond acceptors (Lipinski definition) is 2. The second-order valence-corrected chi connectivity index (χ2v) is 15.7. The lowest BCUT2D eigenvalue weighted by atomic mass is 9.98.